The molecule has 108 valence electrons. The van der Waals surface area contributed by atoms with Crippen LogP contribution in [0.15, 0.2) is 21.2 Å². The fourth-order valence-corrected chi connectivity index (χ4v) is 2.68. The van der Waals surface area contributed by atoms with Crippen molar-refractivity contribution < 1.29 is 0 Å². The molecule has 7 nitrogen and oxygen atoms in total. The lowest BCUT2D eigenvalue weighted by atomic mass is 10.4. The van der Waals surface area contributed by atoms with Gasteiger partial charge in [-0.1, -0.05) is 0 Å². The minimum atomic E-state index is -0.207. The number of anilines is 1. The van der Waals surface area contributed by atoms with E-state index in [0.717, 1.165) is 17.1 Å². The van der Waals surface area contributed by atoms with Crippen LogP contribution < -0.4 is 11.0 Å². The van der Waals surface area contributed by atoms with Crippen molar-refractivity contribution in [2.24, 2.45) is 0 Å². The molecule has 0 saturated heterocycles. The van der Waals surface area contributed by atoms with Gasteiger partial charge in [0.15, 0.2) is 5.16 Å². The highest BCUT2D eigenvalue weighted by atomic mass is 32.2. The van der Waals surface area contributed by atoms with Crippen LogP contribution in [0.3, 0.4) is 0 Å². The first kappa shape index (κ1) is 14.6. The molecule has 2 aromatic heterocycles. The van der Waals surface area contributed by atoms with E-state index in [-0.39, 0.29) is 11.7 Å². The first-order chi connectivity index (χ1) is 9.52. The van der Waals surface area contributed by atoms with Gasteiger partial charge >= 0.3 is 5.69 Å². The van der Waals surface area contributed by atoms with Crippen molar-refractivity contribution in [2.75, 3.05) is 11.9 Å². The second-order valence-corrected chi connectivity index (χ2v) is 5.55. The highest BCUT2D eigenvalue weighted by Crippen LogP contribution is 2.27. The van der Waals surface area contributed by atoms with Crippen molar-refractivity contribution in [1.29, 1.82) is 0 Å². The van der Waals surface area contributed by atoms with Gasteiger partial charge in [-0.15, -0.1) is 5.10 Å². The standard InChI is InChI=1S/C12H18N6OS/c1-5-13-10-14-6-8(4)9(15-10)20-12-17-16-11(19)18(12)7(2)3/h6-7H,5H2,1-4H3,(H,16,19)(H,13,14,15). The Labute approximate surface area is 121 Å². The van der Waals surface area contributed by atoms with Crippen molar-refractivity contribution in [2.45, 2.75) is 43.9 Å². The van der Waals surface area contributed by atoms with Gasteiger partial charge in [0.1, 0.15) is 5.03 Å². The van der Waals surface area contributed by atoms with Gasteiger partial charge < -0.3 is 5.32 Å². The summed E-state index contributed by atoms with van der Waals surface area (Å²) in [6.07, 6.45) is 1.76. The molecule has 0 radical (unpaired) electrons. The molecule has 0 bridgehead atoms. The summed E-state index contributed by atoms with van der Waals surface area (Å²) in [5.41, 5.74) is 0.739. The molecule has 0 amide bonds. The Kier molecular flexibility index (Phi) is 4.43. The summed E-state index contributed by atoms with van der Waals surface area (Å²) in [5, 5.41) is 11.0. The van der Waals surface area contributed by atoms with E-state index < -0.39 is 0 Å². The number of aromatic nitrogens is 5. The number of nitrogens with zero attached hydrogens (tertiary/aromatic N) is 4. The van der Waals surface area contributed by atoms with E-state index in [4.69, 9.17) is 0 Å². The monoisotopic (exact) mass is 294 g/mol. The Bertz CT molecular complexity index is 648. The van der Waals surface area contributed by atoms with Gasteiger partial charge in [0.05, 0.1) is 0 Å². The highest BCUT2D eigenvalue weighted by molar-refractivity contribution is 7.99. The van der Waals surface area contributed by atoms with Gasteiger partial charge in [0, 0.05) is 24.3 Å². The predicted molar refractivity (Wildman–Crippen MR) is 78.3 cm³/mol. The molecule has 2 rings (SSSR count). The smallest absolute Gasteiger partial charge is 0.344 e. The Morgan fingerprint density at radius 3 is 2.90 bits per heavy atom. The number of rotatable bonds is 5. The number of H-pyrrole nitrogens is 1. The third-order valence-corrected chi connectivity index (χ3v) is 3.71. The van der Waals surface area contributed by atoms with E-state index in [1.165, 1.54) is 11.8 Å². The summed E-state index contributed by atoms with van der Waals surface area (Å²) >= 11 is 1.36. The molecule has 0 aromatic carbocycles. The lowest BCUT2D eigenvalue weighted by Gasteiger charge is -2.10. The first-order valence-electron chi connectivity index (χ1n) is 6.45. The number of hydrogen-bond donors (Lipinski definition) is 2. The topological polar surface area (TPSA) is 88.5 Å². The van der Waals surface area contributed by atoms with E-state index >= 15 is 0 Å². The number of aryl methyl sites for hydroxylation is 1. The van der Waals surface area contributed by atoms with Crippen molar-refractivity contribution in [3.8, 4) is 0 Å². The Hall–Kier alpha value is -1.83. The molecule has 2 heterocycles. The molecule has 8 heteroatoms. The Morgan fingerprint density at radius 2 is 2.25 bits per heavy atom. The van der Waals surface area contributed by atoms with Gasteiger partial charge in [0.2, 0.25) is 5.95 Å². The SMILES string of the molecule is CCNc1ncc(C)c(Sc2n[nH]c(=O)n2C(C)C)n1. The van der Waals surface area contributed by atoms with Crippen LogP contribution in [0.5, 0.6) is 0 Å². The minimum Gasteiger partial charge on any atom is -0.354 e. The maximum absolute atomic E-state index is 11.7. The van der Waals surface area contributed by atoms with E-state index in [0.29, 0.717) is 11.1 Å². The predicted octanol–water partition coefficient (Wildman–Crippen LogP) is 1.83. The van der Waals surface area contributed by atoms with Crippen molar-refractivity contribution >= 4 is 17.7 Å². The molecule has 2 N–H and O–H groups in total. The van der Waals surface area contributed by atoms with Crippen LogP contribution in [-0.2, 0) is 0 Å². The maximum Gasteiger partial charge on any atom is 0.344 e. The fourth-order valence-electron chi connectivity index (χ4n) is 1.68. The van der Waals surface area contributed by atoms with E-state index in [9.17, 15) is 4.79 Å². The molecule has 0 aliphatic rings. The molecule has 20 heavy (non-hydrogen) atoms. The number of nitrogens with one attached hydrogen (secondary N) is 2. The summed E-state index contributed by atoms with van der Waals surface area (Å²) in [6, 6.07) is 0.0409. The summed E-state index contributed by atoms with van der Waals surface area (Å²) in [6.45, 7) is 8.56. The fraction of sp³-hybridized carbons (Fsp3) is 0.500. The molecule has 0 saturated carbocycles. The van der Waals surface area contributed by atoms with Gasteiger partial charge in [-0.25, -0.2) is 19.9 Å². The summed E-state index contributed by atoms with van der Waals surface area (Å²) in [4.78, 5) is 20.4. The quantitative estimate of drug-likeness (QED) is 0.818. The van der Waals surface area contributed by atoms with Gasteiger partial charge in [-0.05, 0) is 39.5 Å². The highest BCUT2D eigenvalue weighted by Gasteiger charge is 2.15. The molecule has 0 spiro atoms. The largest absolute Gasteiger partial charge is 0.354 e. The third-order valence-electron chi connectivity index (χ3n) is 2.64. The summed E-state index contributed by atoms with van der Waals surface area (Å²) in [7, 11) is 0. The van der Waals surface area contributed by atoms with Crippen molar-refractivity contribution in [3.63, 3.8) is 0 Å². The molecule has 0 fully saturated rings. The van der Waals surface area contributed by atoms with Crippen LogP contribution in [0.25, 0.3) is 0 Å². The lowest BCUT2D eigenvalue weighted by Crippen LogP contribution is -2.19. The number of hydrogen-bond acceptors (Lipinski definition) is 6. The van der Waals surface area contributed by atoms with Crippen LogP contribution in [0.1, 0.15) is 32.4 Å². The Balaban J connectivity index is 2.34. The van der Waals surface area contributed by atoms with Crippen molar-refractivity contribution in [3.05, 3.63) is 22.2 Å². The van der Waals surface area contributed by atoms with Gasteiger partial charge in [-0.3, -0.25) is 4.57 Å². The van der Waals surface area contributed by atoms with E-state index in [1.807, 2.05) is 27.7 Å². The first-order valence-corrected chi connectivity index (χ1v) is 7.26. The van der Waals surface area contributed by atoms with E-state index in [1.54, 1.807) is 10.8 Å². The zero-order valence-corrected chi connectivity index (χ0v) is 12.8. The molecule has 0 aliphatic carbocycles. The molecule has 2 aromatic rings. The molecule has 0 aliphatic heterocycles. The zero-order valence-electron chi connectivity index (χ0n) is 12.0. The molecule has 0 atom stereocenters. The average molecular weight is 294 g/mol. The molecule has 0 unspecified atom stereocenters. The van der Waals surface area contributed by atoms with Crippen LogP contribution in [0, 0.1) is 6.92 Å². The minimum absolute atomic E-state index is 0.0409. The average Bonchev–Trinajstić information content (AvgIpc) is 2.75. The zero-order chi connectivity index (χ0) is 14.7. The second kappa shape index (κ2) is 6.08. The Morgan fingerprint density at radius 1 is 1.50 bits per heavy atom. The van der Waals surface area contributed by atoms with Gasteiger partial charge in [-0.2, -0.15) is 0 Å². The van der Waals surface area contributed by atoms with Crippen LogP contribution in [0.2, 0.25) is 0 Å². The van der Waals surface area contributed by atoms with Crippen LogP contribution in [-0.4, -0.2) is 31.3 Å². The normalized spacial score (nSPS) is 11.1. The molecular formula is C12H18N6OS. The summed E-state index contributed by atoms with van der Waals surface area (Å²) in [5.74, 6) is 0.578. The maximum atomic E-state index is 11.7. The molecular weight excluding hydrogens is 276 g/mol. The van der Waals surface area contributed by atoms with Crippen molar-refractivity contribution in [1.82, 2.24) is 24.7 Å². The van der Waals surface area contributed by atoms with Gasteiger partial charge in [0.25, 0.3) is 0 Å². The van der Waals surface area contributed by atoms with Crippen LogP contribution in [0.4, 0.5) is 5.95 Å². The second-order valence-electron chi connectivity index (χ2n) is 4.59. The number of aromatic amines is 1. The van der Waals surface area contributed by atoms with E-state index in [2.05, 4.69) is 25.5 Å². The van der Waals surface area contributed by atoms with Crippen LogP contribution >= 0.6 is 11.8 Å². The lowest BCUT2D eigenvalue weighted by molar-refractivity contribution is 0.534. The third kappa shape index (κ3) is 3.01. The summed E-state index contributed by atoms with van der Waals surface area (Å²) < 4.78 is 1.61.